The number of halogens is 2. The molecule has 140 valence electrons. The molecule has 0 atom stereocenters. The van der Waals surface area contributed by atoms with Crippen molar-refractivity contribution in [3.8, 4) is 22.1 Å². The van der Waals surface area contributed by atoms with Gasteiger partial charge in [-0.05, 0) is 36.4 Å². The summed E-state index contributed by atoms with van der Waals surface area (Å²) in [6, 6.07) is 10.5. The van der Waals surface area contributed by atoms with E-state index in [9.17, 15) is 4.79 Å². The number of hydrogen-bond donors (Lipinski definition) is 1. The summed E-state index contributed by atoms with van der Waals surface area (Å²) in [6.07, 6.45) is 0.157. The fraction of sp³-hybridized carbons (Fsp3) is 0.158. The number of carbonyl (C=O) groups is 1. The predicted molar refractivity (Wildman–Crippen MR) is 109 cm³/mol. The Balaban J connectivity index is 1.70. The van der Waals surface area contributed by atoms with Crippen LogP contribution in [0.1, 0.15) is 5.69 Å². The van der Waals surface area contributed by atoms with Crippen molar-refractivity contribution in [2.45, 2.75) is 6.42 Å². The second-order valence-electron chi connectivity index (χ2n) is 5.57. The third kappa shape index (κ3) is 4.71. The lowest BCUT2D eigenvalue weighted by atomic mass is 10.2. The van der Waals surface area contributed by atoms with E-state index < -0.39 is 0 Å². The molecule has 3 aromatic rings. The standard InChI is InChI=1S/C19H16Cl2N2O3S/c1-25-16-6-3-11(7-17(16)26-2)19-23-13(10-27-19)9-18(24)22-12-4-5-14(20)15(21)8-12/h3-8,10H,9H2,1-2H3,(H,22,24). The van der Waals surface area contributed by atoms with E-state index in [-0.39, 0.29) is 12.3 Å². The molecule has 0 radical (unpaired) electrons. The van der Waals surface area contributed by atoms with Crippen LogP contribution >= 0.6 is 34.5 Å². The second-order valence-corrected chi connectivity index (χ2v) is 7.24. The van der Waals surface area contributed by atoms with Crippen LogP contribution in [-0.4, -0.2) is 25.1 Å². The minimum absolute atomic E-state index is 0.157. The Morgan fingerprint density at radius 1 is 1.07 bits per heavy atom. The number of nitrogens with one attached hydrogen (secondary N) is 1. The first kappa shape index (κ1) is 19.5. The zero-order chi connectivity index (χ0) is 19.4. The quantitative estimate of drug-likeness (QED) is 0.583. The first-order valence-electron chi connectivity index (χ1n) is 7.92. The number of ether oxygens (including phenoxy) is 2. The van der Waals surface area contributed by atoms with E-state index in [1.807, 2.05) is 23.6 Å². The minimum Gasteiger partial charge on any atom is -0.493 e. The monoisotopic (exact) mass is 422 g/mol. The maximum absolute atomic E-state index is 12.2. The zero-order valence-corrected chi connectivity index (χ0v) is 16.9. The van der Waals surface area contributed by atoms with Gasteiger partial charge >= 0.3 is 0 Å². The van der Waals surface area contributed by atoms with E-state index in [1.165, 1.54) is 11.3 Å². The van der Waals surface area contributed by atoms with Crippen LogP contribution in [0.15, 0.2) is 41.8 Å². The van der Waals surface area contributed by atoms with Crippen molar-refractivity contribution < 1.29 is 14.3 Å². The number of hydrogen-bond acceptors (Lipinski definition) is 5. The highest BCUT2D eigenvalue weighted by atomic mass is 35.5. The number of carbonyl (C=O) groups excluding carboxylic acids is 1. The van der Waals surface area contributed by atoms with Gasteiger partial charge < -0.3 is 14.8 Å². The Bertz CT molecular complexity index is 975. The number of rotatable bonds is 6. The van der Waals surface area contributed by atoms with Gasteiger partial charge in [-0.15, -0.1) is 11.3 Å². The fourth-order valence-electron chi connectivity index (χ4n) is 2.43. The average molecular weight is 423 g/mol. The summed E-state index contributed by atoms with van der Waals surface area (Å²) in [6.45, 7) is 0. The summed E-state index contributed by atoms with van der Waals surface area (Å²) in [7, 11) is 3.17. The molecular weight excluding hydrogens is 407 g/mol. The summed E-state index contributed by atoms with van der Waals surface area (Å²) in [5.41, 5.74) is 2.17. The molecular formula is C19H16Cl2N2O3S. The molecule has 0 bridgehead atoms. The van der Waals surface area contributed by atoms with Gasteiger partial charge in [0.25, 0.3) is 0 Å². The number of nitrogens with zero attached hydrogens (tertiary/aromatic N) is 1. The number of methoxy groups -OCH3 is 2. The highest BCUT2D eigenvalue weighted by molar-refractivity contribution is 7.13. The van der Waals surface area contributed by atoms with Gasteiger partial charge in [0.15, 0.2) is 11.5 Å². The summed E-state index contributed by atoms with van der Waals surface area (Å²) in [5, 5.41) is 6.27. The largest absolute Gasteiger partial charge is 0.493 e. The Hall–Kier alpha value is -2.28. The van der Waals surface area contributed by atoms with E-state index in [0.29, 0.717) is 32.9 Å². The Kier molecular flexibility index (Phi) is 6.21. The summed E-state index contributed by atoms with van der Waals surface area (Å²) < 4.78 is 10.6. The molecule has 0 aliphatic rings. The van der Waals surface area contributed by atoms with Crippen LogP contribution in [-0.2, 0) is 11.2 Å². The number of benzene rings is 2. The second kappa shape index (κ2) is 8.61. The van der Waals surface area contributed by atoms with Crippen LogP contribution < -0.4 is 14.8 Å². The maximum Gasteiger partial charge on any atom is 0.230 e. The Labute approximate surface area is 170 Å². The number of anilines is 1. The van der Waals surface area contributed by atoms with Crippen LogP contribution in [0.5, 0.6) is 11.5 Å². The molecule has 0 saturated carbocycles. The molecule has 0 aliphatic heterocycles. The smallest absolute Gasteiger partial charge is 0.230 e. The van der Waals surface area contributed by atoms with Crippen molar-refractivity contribution in [1.82, 2.24) is 4.98 Å². The molecule has 2 aromatic carbocycles. The third-order valence-corrected chi connectivity index (χ3v) is 5.41. The van der Waals surface area contributed by atoms with Crippen molar-refractivity contribution in [3.63, 3.8) is 0 Å². The first-order chi connectivity index (χ1) is 13.0. The molecule has 1 aromatic heterocycles. The minimum atomic E-state index is -0.183. The Morgan fingerprint density at radius 3 is 2.56 bits per heavy atom. The number of aromatic nitrogens is 1. The highest BCUT2D eigenvalue weighted by Gasteiger charge is 2.12. The lowest BCUT2D eigenvalue weighted by Crippen LogP contribution is -2.14. The molecule has 0 fully saturated rings. The Morgan fingerprint density at radius 2 is 1.85 bits per heavy atom. The van der Waals surface area contributed by atoms with Crippen LogP contribution in [0.2, 0.25) is 10.0 Å². The molecule has 5 nitrogen and oxygen atoms in total. The van der Waals surface area contributed by atoms with E-state index in [0.717, 1.165) is 10.6 Å². The maximum atomic E-state index is 12.2. The molecule has 0 unspecified atom stereocenters. The molecule has 1 N–H and O–H groups in total. The fourth-order valence-corrected chi connectivity index (χ4v) is 3.55. The van der Waals surface area contributed by atoms with Gasteiger partial charge in [-0.25, -0.2) is 4.98 Å². The van der Waals surface area contributed by atoms with Gasteiger partial charge in [0.05, 0.1) is 36.4 Å². The van der Waals surface area contributed by atoms with Gasteiger partial charge in [0.1, 0.15) is 5.01 Å². The van der Waals surface area contributed by atoms with Gasteiger partial charge in [-0.1, -0.05) is 23.2 Å². The average Bonchev–Trinajstić information content (AvgIpc) is 3.12. The highest BCUT2D eigenvalue weighted by Crippen LogP contribution is 2.33. The van der Waals surface area contributed by atoms with Crippen LogP contribution in [0, 0.1) is 0 Å². The van der Waals surface area contributed by atoms with Crippen LogP contribution in [0.3, 0.4) is 0 Å². The summed E-state index contributed by atoms with van der Waals surface area (Å²) in [5.74, 6) is 1.10. The third-order valence-electron chi connectivity index (χ3n) is 3.73. The lowest BCUT2D eigenvalue weighted by Gasteiger charge is -2.08. The van der Waals surface area contributed by atoms with Crippen molar-refractivity contribution in [1.29, 1.82) is 0 Å². The normalized spacial score (nSPS) is 10.5. The molecule has 0 aliphatic carbocycles. The van der Waals surface area contributed by atoms with Crippen molar-refractivity contribution in [2.75, 3.05) is 19.5 Å². The van der Waals surface area contributed by atoms with Crippen LogP contribution in [0.25, 0.3) is 10.6 Å². The molecule has 1 heterocycles. The molecule has 0 spiro atoms. The van der Waals surface area contributed by atoms with E-state index >= 15 is 0 Å². The van der Waals surface area contributed by atoms with Gasteiger partial charge in [-0.2, -0.15) is 0 Å². The molecule has 8 heteroatoms. The topological polar surface area (TPSA) is 60.5 Å². The summed E-state index contributed by atoms with van der Waals surface area (Å²) >= 11 is 13.3. The van der Waals surface area contributed by atoms with Crippen molar-refractivity contribution in [2.24, 2.45) is 0 Å². The zero-order valence-electron chi connectivity index (χ0n) is 14.6. The SMILES string of the molecule is COc1ccc(-c2nc(CC(=O)Nc3ccc(Cl)c(Cl)c3)cs2)cc1OC. The summed E-state index contributed by atoms with van der Waals surface area (Å²) in [4.78, 5) is 16.8. The van der Waals surface area contributed by atoms with E-state index in [1.54, 1.807) is 32.4 Å². The van der Waals surface area contributed by atoms with E-state index in [4.69, 9.17) is 32.7 Å². The first-order valence-corrected chi connectivity index (χ1v) is 9.55. The van der Waals surface area contributed by atoms with Gasteiger partial charge in [0, 0.05) is 16.6 Å². The number of amides is 1. The molecule has 1 amide bonds. The van der Waals surface area contributed by atoms with Crippen molar-refractivity contribution >= 4 is 46.1 Å². The van der Waals surface area contributed by atoms with E-state index in [2.05, 4.69) is 10.3 Å². The van der Waals surface area contributed by atoms with Gasteiger partial charge in [-0.3, -0.25) is 4.79 Å². The van der Waals surface area contributed by atoms with Crippen LogP contribution in [0.4, 0.5) is 5.69 Å². The molecule has 3 rings (SSSR count). The van der Waals surface area contributed by atoms with Gasteiger partial charge in [0.2, 0.25) is 5.91 Å². The molecule has 0 saturated heterocycles. The lowest BCUT2D eigenvalue weighted by molar-refractivity contribution is -0.115. The molecule has 27 heavy (non-hydrogen) atoms. The number of thiazole rings is 1. The van der Waals surface area contributed by atoms with Crippen molar-refractivity contribution in [3.05, 3.63) is 57.5 Å². The predicted octanol–water partition coefficient (Wildman–Crippen LogP) is 5.32.